The Hall–Kier alpha value is -0.660. The molecule has 0 aromatic rings. The van der Waals surface area contributed by atoms with E-state index in [0.29, 0.717) is 11.8 Å². The normalized spacial score (nSPS) is 15.2. The van der Waals surface area contributed by atoms with Crippen molar-refractivity contribution in [2.24, 2.45) is 11.8 Å². The molecule has 70 valence electrons. The molecule has 0 aromatic heterocycles. The van der Waals surface area contributed by atoms with E-state index in [1.807, 2.05) is 0 Å². The smallest absolute Gasteiger partial charge is 0.00194 e. The van der Waals surface area contributed by atoms with Crippen molar-refractivity contribution >= 4 is 12.4 Å². The Morgan fingerprint density at radius 1 is 1.33 bits per heavy atom. The van der Waals surface area contributed by atoms with Crippen LogP contribution in [0.25, 0.3) is 0 Å². The maximum atomic E-state index is 7.08. The van der Waals surface area contributed by atoms with Crippen molar-refractivity contribution in [3.63, 3.8) is 0 Å². The minimum atomic E-state index is 0.376. The second kappa shape index (κ2) is 7.01. The number of hydrogen-bond acceptors (Lipinski definition) is 2. The average molecular weight is 168 g/mol. The zero-order chi connectivity index (χ0) is 9.40. The van der Waals surface area contributed by atoms with Gasteiger partial charge in [-0.1, -0.05) is 26.7 Å². The van der Waals surface area contributed by atoms with Gasteiger partial charge in [0, 0.05) is 0 Å². The van der Waals surface area contributed by atoms with Gasteiger partial charge in [-0.15, -0.1) is 0 Å². The molecule has 2 unspecified atom stereocenters. The Bertz CT molecular complexity index is 132. The van der Waals surface area contributed by atoms with E-state index in [2.05, 4.69) is 13.8 Å². The molecule has 0 rings (SSSR count). The first-order chi connectivity index (χ1) is 5.74. The summed E-state index contributed by atoms with van der Waals surface area (Å²) in [6, 6.07) is 0. The molecule has 0 aliphatic heterocycles. The number of hydrogen-bond donors (Lipinski definition) is 2. The van der Waals surface area contributed by atoms with Crippen LogP contribution in [-0.4, -0.2) is 12.4 Å². The van der Waals surface area contributed by atoms with Gasteiger partial charge in [-0.05, 0) is 37.1 Å². The predicted octanol–water partition coefficient (Wildman–Crippen LogP) is 3.12. The standard InChI is InChI=1S/C10H20N2/c1-3-4-10(5-6-11)7-9(2)8-12/h6,8-12H,3-5,7H2,1-2H3. The molecule has 12 heavy (non-hydrogen) atoms. The van der Waals surface area contributed by atoms with Gasteiger partial charge in [0.2, 0.25) is 0 Å². The highest BCUT2D eigenvalue weighted by molar-refractivity contribution is 5.56. The summed E-state index contributed by atoms with van der Waals surface area (Å²) in [5.74, 6) is 0.991. The molecule has 0 saturated heterocycles. The van der Waals surface area contributed by atoms with Crippen LogP contribution in [0.4, 0.5) is 0 Å². The lowest BCUT2D eigenvalue weighted by Crippen LogP contribution is -2.07. The molecule has 0 aliphatic carbocycles. The van der Waals surface area contributed by atoms with Gasteiger partial charge in [0.15, 0.2) is 0 Å². The molecule has 0 heterocycles. The van der Waals surface area contributed by atoms with Crippen LogP contribution < -0.4 is 0 Å². The first-order valence-corrected chi connectivity index (χ1v) is 4.74. The van der Waals surface area contributed by atoms with E-state index in [4.69, 9.17) is 10.8 Å². The fourth-order valence-electron chi connectivity index (χ4n) is 1.50. The Kier molecular flexibility index (Phi) is 6.63. The summed E-state index contributed by atoms with van der Waals surface area (Å²) in [6.07, 6.45) is 7.32. The molecule has 2 heteroatoms. The molecule has 2 nitrogen and oxygen atoms in total. The minimum absolute atomic E-state index is 0.376. The molecular formula is C10H20N2. The second-order valence-electron chi connectivity index (χ2n) is 3.47. The van der Waals surface area contributed by atoms with E-state index in [1.54, 1.807) is 0 Å². The van der Waals surface area contributed by atoms with Crippen LogP contribution in [0.2, 0.25) is 0 Å². The largest absolute Gasteiger partial charge is 0.313 e. The summed E-state index contributed by atoms with van der Waals surface area (Å²) >= 11 is 0. The van der Waals surface area contributed by atoms with E-state index in [-0.39, 0.29) is 0 Å². The molecule has 2 N–H and O–H groups in total. The van der Waals surface area contributed by atoms with E-state index in [1.165, 1.54) is 25.3 Å². The molecule has 0 radical (unpaired) electrons. The Morgan fingerprint density at radius 3 is 2.42 bits per heavy atom. The van der Waals surface area contributed by atoms with Gasteiger partial charge in [-0.2, -0.15) is 0 Å². The van der Waals surface area contributed by atoms with Crippen molar-refractivity contribution in [1.29, 1.82) is 10.8 Å². The van der Waals surface area contributed by atoms with E-state index >= 15 is 0 Å². The van der Waals surface area contributed by atoms with Gasteiger partial charge < -0.3 is 10.8 Å². The molecule has 0 amide bonds. The maximum absolute atomic E-state index is 7.08. The highest BCUT2D eigenvalue weighted by Gasteiger charge is 2.09. The fraction of sp³-hybridized carbons (Fsp3) is 0.800. The van der Waals surface area contributed by atoms with Crippen LogP contribution in [0.3, 0.4) is 0 Å². The van der Waals surface area contributed by atoms with Crippen molar-refractivity contribution < 1.29 is 0 Å². The molecular weight excluding hydrogens is 148 g/mol. The molecule has 0 bridgehead atoms. The first kappa shape index (κ1) is 11.3. The van der Waals surface area contributed by atoms with Gasteiger partial charge in [0.1, 0.15) is 0 Å². The van der Waals surface area contributed by atoms with Crippen molar-refractivity contribution in [2.75, 3.05) is 0 Å². The summed E-state index contributed by atoms with van der Waals surface area (Å²) in [7, 11) is 0. The molecule has 0 aliphatic rings. The highest BCUT2D eigenvalue weighted by atomic mass is 14.4. The van der Waals surface area contributed by atoms with Crippen molar-refractivity contribution in [2.45, 2.75) is 39.5 Å². The van der Waals surface area contributed by atoms with Crippen LogP contribution in [0.1, 0.15) is 39.5 Å². The quantitative estimate of drug-likeness (QED) is 0.549. The van der Waals surface area contributed by atoms with Crippen LogP contribution in [-0.2, 0) is 0 Å². The summed E-state index contributed by atoms with van der Waals surface area (Å²) < 4.78 is 0. The highest BCUT2D eigenvalue weighted by Crippen LogP contribution is 2.18. The number of nitrogens with one attached hydrogen (secondary N) is 2. The third-order valence-electron chi connectivity index (χ3n) is 2.14. The minimum Gasteiger partial charge on any atom is -0.313 e. The first-order valence-electron chi connectivity index (χ1n) is 4.74. The monoisotopic (exact) mass is 168 g/mol. The summed E-state index contributed by atoms with van der Waals surface area (Å²) in [4.78, 5) is 0. The van der Waals surface area contributed by atoms with Gasteiger partial charge in [0.05, 0.1) is 0 Å². The Labute approximate surface area is 75.4 Å². The topological polar surface area (TPSA) is 47.7 Å². The predicted molar refractivity (Wildman–Crippen MR) is 54.4 cm³/mol. The summed E-state index contributed by atoms with van der Waals surface area (Å²) in [5.41, 5.74) is 0. The van der Waals surface area contributed by atoms with Gasteiger partial charge >= 0.3 is 0 Å². The maximum Gasteiger partial charge on any atom is -0.00194 e. The van der Waals surface area contributed by atoms with E-state index in [9.17, 15) is 0 Å². The van der Waals surface area contributed by atoms with Crippen LogP contribution in [0.15, 0.2) is 0 Å². The third kappa shape index (κ3) is 5.05. The lowest BCUT2D eigenvalue weighted by molar-refractivity contribution is 0.429. The number of rotatable bonds is 7. The molecule has 2 atom stereocenters. The molecule has 0 spiro atoms. The third-order valence-corrected chi connectivity index (χ3v) is 2.14. The van der Waals surface area contributed by atoms with Crippen molar-refractivity contribution in [3.05, 3.63) is 0 Å². The van der Waals surface area contributed by atoms with Gasteiger partial charge in [0.25, 0.3) is 0 Å². The second-order valence-corrected chi connectivity index (χ2v) is 3.47. The Balaban J connectivity index is 3.75. The zero-order valence-corrected chi connectivity index (χ0v) is 8.14. The van der Waals surface area contributed by atoms with Gasteiger partial charge in [-0.25, -0.2) is 0 Å². The molecule has 0 aromatic carbocycles. The Morgan fingerprint density at radius 2 is 2.00 bits per heavy atom. The van der Waals surface area contributed by atoms with E-state index < -0.39 is 0 Å². The van der Waals surface area contributed by atoms with Crippen LogP contribution in [0.5, 0.6) is 0 Å². The van der Waals surface area contributed by atoms with Crippen molar-refractivity contribution in [1.82, 2.24) is 0 Å². The van der Waals surface area contributed by atoms with Gasteiger partial charge in [-0.3, -0.25) is 0 Å². The summed E-state index contributed by atoms with van der Waals surface area (Å²) in [5, 5.41) is 14.1. The van der Waals surface area contributed by atoms with Crippen LogP contribution in [0, 0.1) is 22.7 Å². The van der Waals surface area contributed by atoms with Crippen molar-refractivity contribution in [3.8, 4) is 0 Å². The zero-order valence-electron chi connectivity index (χ0n) is 8.14. The summed E-state index contributed by atoms with van der Waals surface area (Å²) in [6.45, 7) is 4.24. The SMILES string of the molecule is CCCC(CC=N)CC(C)C=N. The van der Waals surface area contributed by atoms with E-state index in [0.717, 1.165) is 12.8 Å². The lowest BCUT2D eigenvalue weighted by atomic mass is 9.90. The average Bonchev–Trinajstić information content (AvgIpc) is 2.05. The molecule has 0 saturated carbocycles. The lowest BCUT2D eigenvalue weighted by Gasteiger charge is -2.15. The molecule has 0 fully saturated rings. The van der Waals surface area contributed by atoms with Crippen LogP contribution >= 0.6 is 0 Å². The fourth-order valence-corrected chi connectivity index (χ4v) is 1.50.